The van der Waals surface area contributed by atoms with Crippen molar-refractivity contribution in [3.8, 4) is 0 Å². The van der Waals surface area contributed by atoms with Gasteiger partial charge in [-0.2, -0.15) is 8.78 Å². The molecule has 0 heterocycles. The first kappa shape index (κ1) is 9.53. The summed E-state index contributed by atoms with van der Waals surface area (Å²) < 4.78 is 25.0. The zero-order chi connectivity index (χ0) is 8.81. The molecule has 4 heteroatoms. The summed E-state index contributed by atoms with van der Waals surface area (Å²) in [5.74, 6) is -0.794. The fourth-order valence-electron chi connectivity index (χ4n) is 1.57. The first-order chi connectivity index (χ1) is 4.85. The normalized spacial score (nSPS) is 45.3. The molecule has 0 nitrogen and oxygen atoms in total. The van der Waals surface area contributed by atoms with Gasteiger partial charge >= 0.3 is 5.38 Å². The number of alkyl halides is 4. The molecule has 0 spiro atoms. The van der Waals surface area contributed by atoms with Gasteiger partial charge in [-0.05, 0) is 23.4 Å². The van der Waals surface area contributed by atoms with E-state index < -0.39 is 16.7 Å². The molecular formula is C7H10Cl2F2. The highest BCUT2D eigenvalue weighted by Crippen LogP contribution is 2.52. The van der Waals surface area contributed by atoms with Crippen LogP contribution in [-0.2, 0) is 0 Å². The van der Waals surface area contributed by atoms with Gasteiger partial charge in [0.15, 0.2) is 0 Å². The van der Waals surface area contributed by atoms with E-state index >= 15 is 0 Å². The van der Waals surface area contributed by atoms with Crippen molar-refractivity contribution in [3.05, 3.63) is 0 Å². The van der Waals surface area contributed by atoms with Crippen LogP contribution in [0.15, 0.2) is 0 Å². The minimum absolute atomic E-state index is 0.0787. The third-order valence-electron chi connectivity index (χ3n) is 2.62. The molecule has 0 saturated heterocycles. The van der Waals surface area contributed by atoms with E-state index in [2.05, 4.69) is 0 Å². The molecule has 0 radical (unpaired) electrons. The number of hydrogen-bond donors (Lipinski definition) is 0. The molecule has 0 bridgehead atoms. The van der Waals surface area contributed by atoms with Gasteiger partial charge in [0.1, 0.15) is 0 Å². The molecule has 11 heavy (non-hydrogen) atoms. The predicted octanol–water partition coefficient (Wildman–Crippen LogP) is 3.33. The highest BCUT2D eigenvalue weighted by molar-refractivity contribution is 6.25. The van der Waals surface area contributed by atoms with Crippen LogP contribution in [0.25, 0.3) is 0 Å². The van der Waals surface area contributed by atoms with E-state index in [-0.39, 0.29) is 11.8 Å². The second-order valence-electron chi connectivity index (χ2n) is 3.23. The molecule has 0 aromatic heterocycles. The molecule has 0 aliphatic heterocycles. The largest absolute Gasteiger partial charge is 0.326 e. The van der Waals surface area contributed by atoms with E-state index in [0.717, 1.165) is 0 Å². The molecule has 0 aromatic rings. The monoisotopic (exact) mass is 202 g/mol. The minimum atomic E-state index is -3.14. The van der Waals surface area contributed by atoms with Gasteiger partial charge in [-0.1, -0.05) is 13.8 Å². The Morgan fingerprint density at radius 2 is 1.64 bits per heavy atom. The van der Waals surface area contributed by atoms with Crippen molar-refractivity contribution in [2.75, 3.05) is 0 Å². The second-order valence-corrected chi connectivity index (χ2v) is 4.24. The average molecular weight is 203 g/mol. The summed E-state index contributed by atoms with van der Waals surface area (Å²) >= 11 is 10.6. The van der Waals surface area contributed by atoms with Crippen molar-refractivity contribution in [2.45, 2.75) is 24.6 Å². The molecule has 0 amide bonds. The van der Waals surface area contributed by atoms with Crippen molar-refractivity contribution in [2.24, 2.45) is 17.8 Å². The fraction of sp³-hybridized carbons (Fsp3) is 1.00. The van der Waals surface area contributed by atoms with E-state index in [1.807, 2.05) is 6.92 Å². The maximum absolute atomic E-state index is 12.5. The van der Waals surface area contributed by atoms with Crippen LogP contribution in [0.2, 0.25) is 0 Å². The molecule has 1 aliphatic rings. The van der Waals surface area contributed by atoms with Crippen LogP contribution in [-0.4, -0.2) is 10.8 Å². The number of halogens is 4. The van der Waals surface area contributed by atoms with Crippen molar-refractivity contribution < 1.29 is 8.78 Å². The van der Waals surface area contributed by atoms with Crippen molar-refractivity contribution in [1.29, 1.82) is 0 Å². The maximum atomic E-state index is 12.5. The van der Waals surface area contributed by atoms with Gasteiger partial charge in [-0.3, -0.25) is 0 Å². The fourth-order valence-corrected chi connectivity index (χ4v) is 2.58. The van der Waals surface area contributed by atoms with Gasteiger partial charge in [-0.25, -0.2) is 0 Å². The Bertz CT molecular complexity index is 145. The van der Waals surface area contributed by atoms with Crippen LogP contribution in [0.1, 0.15) is 13.8 Å². The molecule has 3 unspecified atom stereocenters. The quantitative estimate of drug-likeness (QED) is 0.573. The molecule has 1 aliphatic carbocycles. The number of hydrogen-bond acceptors (Lipinski definition) is 0. The van der Waals surface area contributed by atoms with Gasteiger partial charge in [0.05, 0.1) is 5.92 Å². The van der Waals surface area contributed by atoms with E-state index in [0.29, 0.717) is 0 Å². The lowest BCUT2D eigenvalue weighted by Crippen LogP contribution is -2.52. The van der Waals surface area contributed by atoms with Gasteiger partial charge in [-0.15, -0.1) is 11.6 Å². The zero-order valence-electron chi connectivity index (χ0n) is 6.32. The summed E-state index contributed by atoms with van der Waals surface area (Å²) in [5.41, 5.74) is 0. The lowest BCUT2D eigenvalue weighted by atomic mass is 9.66. The zero-order valence-corrected chi connectivity index (χ0v) is 7.83. The first-order valence-electron chi connectivity index (χ1n) is 3.56. The summed E-state index contributed by atoms with van der Waals surface area (Å²) in [7, 11) is 0. The minimum Gasteiger partial charge on any atom is -0.188 e. The molecular weight excluding hydrogens is 193 g/mol. The molecule has 1 rings (SSSR count). The van der Waals surface area contributed by atoms with Crippen LogP contribution >= 0.6 is 23.2 Å². The Morgan fingerprint density at radius 1 is 1.18 bits per heavy atom. The highest BCUT2D eigenvalue weighted by Gasteiger charge is 2.56. The van der Waals surface area contributed by atoms with Crippen molar-refractivity contribution in [3.63, 3.8) is 0 Å². The lowest BCUT2D eigenvalue weighted by Gasteiger charge is -2.47. The first-order valence-corrected chi connectivity index (χ1v) is 4.38. The molecule has 66 valence electrons. The van der Waals surface area contributed by atoms with Gasteiger partial charge in [0.2, 0.25) is 0 Å². The van der Waals surface area contributed by atoms with E-state index in [1.165, 1.54) is 0 Å². The Kier molecular flexibility index (Phi) is 2.37. The van der Waals surface area contributed by atoms with Crippen LogP contribution < -0.4 is 0 Å². The SMILES string of the molecule is CC1C(Cl)C(C(F)(F)Cl)[C@@H]1C. The Morgan fingerprint density at radius 3 is 1.82 bits per heavy atom. The maximum Gasteiger partial charge on any atom is 0.326 e. The topological polar surface area (TPSA) is 0 Å². The third-order valence-corrected chi connectivity index (χ3v) is 3.54. The van der Waals surface area contributed by atoms with Gasteiger partial charge in [0.25, 0.3) is 0 Å². The Hall–Kier alpha value is 0.440. The van der Waals surface area contributed by atoms with E-state index in [4.69, 9.17) is 23.2 Å². The van der Waals surface area contributed by atoms with Gasteiger partial charge in [0, 0.05) is 5.38 Å². The Balaban J connectivity index is 2.63. The molecule has 1 saturated carbocycles. The third kappa shape index (κ3) is 1.48. The standard InChI is InChI=1S/C7H10Cl2F2/c1-3-4(2)6(8)5(3)7(9,10)11/h3-6H,1-2H3/t3-,4?,5?,6?/m1/s1. The lowest BCUT2D eigenvalue weighted by molar-refractivity contribution is -0.0679. The summed E-state index contributed by atoms with van der Waals surface area (Å²) in [6.07, 6.45) is 0. The predicted molar refractivity (Wildman–Crippen MR) is 42.3 cm³/mol. The summed E-state index contributed by atoms with van der Waals surface area (Å²) in [6, 6.07) is 0. The van der Waals surface area contributed by atoms with Crippen molar-refractivity contribution in [1.82, 2.24) is 0 Å². The van der Waals surface area contributed by atoms with Crippen LogP contribution in [0.5, 0.6) is 0 Å². The number of rotatable bonds is 1. The van der Waals surface area contributed by atoms with Crippen LogP contribution in [0, 0.1) is 17.8 Å². The van der Waals surface area contributed by atoms with Crippen LogP contribution in [0.3, 0.4) is 0 Å². The second kappa shape index (κ2) is 2.74. The summed E-state index contributed by atoms with van der Waals surface area (Å²) in [4.78, 5) is 0. The molecule has 0 N–H and O–H groups in total. The molecule has 0 aromatic carbocycles. The highest BCUT2D eigenvalue weighted by atomic mass is 35.5. The summed E-state index contributed by atoms with van der Waals surface area (Å²) in [5, 5.41) is -3.62. The van der Waals surface area contributed by atoms with Gasteiger partial charge < -0.3 is 0 Å². The summed E-state index contributed by atoms with van der Waals surface area (Å²) in [6.45, 7) is 3.62. The molecule has 1 fully saturated rings. The van der Waals surface area contributed by atoms with E-state index in [9.17, 15) is 8.78 Å². The molecule has 4 atom stereocenters. The Labute approximate surface area is 74.9 Å². The van der Waals surface area contributed by atoms with Crippen molar-refractivity contribution >= 4 is 23.2 Å². The van der Waals surface area contributed by atoms with Crippen LogP contribution in [0.4, 0.5) is 8.78 Å². The van der Waals surface area contributed by atoms with E-state index in [1.54, 1.807) is 6.92 Å². The average Bonchev–Trinajstić information content (AvgIpc) is 1.85. The smallest absolute Gasteiger partial charge is 0.188 e.